The van der Waals surface area contributed by atoms with Crippen molar-refractivity contribution >= 4 is 34.3 Å². The molecular formula is C26H16ClNO4S. The van der Waals surface area contributed by atoms with Gasteiger partial charge in [0.25, 0.3) is 5.56 Å². The molecule has 0 spiro atoms. The zero-order valence-corrected chi connectivity index (χ0v) is 18.6. The minimum atomic E-state index is -0.735. The Morgan fingerprint density at radius 1 is 0.848 bits per heavy atom. The molecule has 5 rings (SSSR count). The molecule has 0 aliphatic heterocycles. The normalized spacial score (nSPS) is 11.1. The third-order valence-electron chi connectivity index (χ3n) is 5.11. The fourth-order valence-corrected chi connectivity index (χ4v) is 4.78. The molecule has 7 heteroatoms. The Bertz CT molecular complexity index is 1590. The van der Waals surface area contributed by atoms with E-state index in [0.717, 1.165) is 17.3 Å². The zero-order valence-electron chi connectivity index (χ0n) is 17.1. The number of nitrogens with zero attached hydrogens (tertiary/aromatic N) is 1. The summed E-state index contributed by atoms with van der Waals surface area (Å²) in [6.07, 6.45) is 0. The summed E-state index contributed by atoms with van der Waals surface area (Å²) in [5.74, 6) is -0.416. The first-order chi connectivity index (χ1) is 16.0. The van der Waals surface area contributed by atoms with E-state index in [1.165, 1.54) is 4.57 Å². The van der Waals surface area contributed by atoms with Gasteiger partial charge in [-0.15, -0.1) is 0 Å². The molecule has 5 nitrogen and oxygen atoms in total. The second-order valence-corrected chi connectivity index (χ2v) is 8.76. The van der Waals surface area contributed by atoms with E-state index in [0.29, 0.717) is 21.3 Å². The number of benzene rings is 3. The summed E-state index contributed by atoms with van der Waals surface area (Å²) in [6, 6.07) is 26.9. The van der Waals surface area contributed by atoms with Crippen molar-refractivity contribution in [3.8, 4) is 22.7 Å². The molecule has 2 heterocycles. The van der Waals surface area contributed by atoms with E-state index in [4.69, 9.17) is 16.0 Å². The molecule has 0 unspecified atom stereocenters. The first-order valence-corrected chi connectivity index (χ1v) is 11.2. The maximum atomic E-state index is 13.7. The average molecular weight is 474 g/mol. The Hall–Kier alpha value is -3.74. The highest BCUT2D eigenvalue weighted by Crippen LogP contribution is 2.37. The van der Waals surface area contributed by atoms with Crippen molar-refractivity contribution in [2.24, 2.45) is 0 Å². The van der Waals surface area contributed by atoms with Crippen LogP contribution < -0.4 is 11.2 Å². The van der Waals surface area contributed by atoms with Crippen LogP contribution in [-0.2, 0) is 0 Å². The van der Waals surface area contributed by atoms with Crippen LogP contribution in [0, 0.1) is 0 Å². The lowest BCUT2D eigenvalue weighted by atomic mass is 10.1. The number of hydrogen-bond acceptors (Lipinski definition) is 5. The SMILES string of the molecule is O=c1oc2cc(-c3ccccc3)n(-c3ccccc3)c(=O)c2c(O)c1Sc1cccc(Cl)c1. The molecule has 0 atom stereocenters. The van der Waals surface area contributed by atoms with E-state index in [-0.39, 0.29) is 15.9 Å². The number of pyridine rings is 1. The van der Waals surface area contributed by atoms with Crippen LogP contribution in [0.2, 0.25) is 5.02 Å². The molecule has 0 fully saturated rings. The summed E-state index contributed by atoms with van der Waals surface area (Å²) in [5.41, 5.74) is 0.714. The lowest BCUT2D eigenvalue weighted by molar-refractivity contribution is 0.446. The average Bonchev–Trinajstić information content (AvgIpc) is 2.82. The van der Waals surface area contributed by atoms with Gasteiger partial charge in [-0.1, -0.05) is 78.0 Å². The van der Waals surface area contributed by atoms with Crippen LogP contribution in [0.25, 0.3) is 27.9 Å². The molecule has 33 heavy (non-hydrogen) atoms. The largest absolute Gasteiger partial charge is 0.505 e. The van der Waals surface area contributed by atoms with Crippen molar-refractivity contribution in [2.75, 3.05) is 0 Å². The van der Waals surface area contributed by atoms with Crippen molar-refractivity contribution in [1.29, 1.82) is 0 Å². The first kappa shape index (κ1) is 21.1. The molecule has 0 aliphatic carbocycles. The Kier molecular flexibility index (Phi) is 5.54. The second kappa shape index (κ2) is 8.65. The topological polar surface area (TPSA) is 72.4 Å². The fourth-order valence-electron chi connectivity index (χ4n) is 3.64. The van der Waals surface area contributed by atoms with Crippen LogP contribution in [0.4, 0.5) is 0 Å². The quantitative estimate of drug-likeness (QED) is 0.340. The van der Waals surface area contributed by atoms with Crippen LogP contribution in [-0.4, -0.2) is 9.67 Å². The number of fused-ring (bicyclic) bond motifs is 1. The molecule has 0 bridgehead atoms. The van der Waals surface area contributed by atoms with E-state index < -0.39 is 16.9 Å². The van der Waals surface area contributed by atoms with Crippen molar-refractivity contribution in [2.45, 2.75) is 9.79 Å². The number of aromatic nitrogens is 1. The van der Waals surface area contributed by atoms with Crippen LogP contribution >= 0.6 is 23.4 Å². The van der Waals surface area contributed by atoms with E-state index in [9.17, 15) is 14.7 Å². The lowest BCUT2D eigenvalue weighted by Gasteiger charge is -2.15. The highest BCUT2D eigenvalue weighted by molar-refractivity contribution is 7.99. The summed E-state index contributed by atoms with van der Waals surface area (Å²) < 4.78 is 7.03. The fraction of sp³-hybridized carbons (Fsp3) is 0. The number of aromatic hydroxyl groups is 1. The van der Waals surface area contributed by atoms with Gasteiger partial charge in [-0.3, -0.25) is 9.36 Å². The molecule has 0 aliphatic rings. The van der Waals surface area contributed by atoms with Gasteiger partial charge in [0.05, 0.1) is 5.69 Å². The maximum absolute atomic E-state index is 13.7. The van der Waals surface area contributed by atoms with E-state index >= 15 is 0 Å². The first-order valence-electron chi connectivity index (χ1n) is 10.0. The molecule has 162 valence electrons. The van der Waals surface area contributed by atoms with Gasteiger partial charge < -0.3 is 9.52 Å². The maximum Gasteiger partial charge on any atom is 0.354 e. The summed E-state index contributed by atoms with van der Waals surface area (Å²) >= 11 is 7.04. The molecule has 5 aromatic rings. The predicted octanol–water partition coefficient (Wildman–Crippen LogP) is 6.12. The van der Waals surface area contributed by atoms with Crippen molar-refractivity contribution < 1.29 is 9.52 Å². The molecular weight excluding hydrogens is 458 g/mol. The van der Waals surface area contributed by atoms with Crippen LogP contribution in [0.15, 0.2) is 115 Å². The van der Waals surface area contributed by atoms with Gasteiger partial charge in [0, 0.05) is 21.7 Å². The smallest absolute Gasteiger partial charge is 0.354 e. The standard InChI is InChI=1S/C26H16ClNO4S/c27-17-10-7-13-19(14-17)33-24-23(29)22-21(32-26(24)31)15-20(16-8-3-1-4-9-16)28(25(22)30)18-11-5-2-6-12-18/h1-15,29H. The summed E-state index contributed by atoms with van der Waals surface area (Å²) in [4.78, 5) is 27.1. The number of rotatable bonds is 4. The molecule has 1 N–H and O–H groups in total. The Labute approximate surface area is 197 Å². The van der Waals surface area contributed by atoms with Crippen molar-refractivity contribution in [3.05, 3.63) is 117 Å². The number of halogens is 1. The van der Waals surface area contributed by atoms with Gasteiger partial charge in [0.2, 0.25) is 0 Å². The highest BCUT2D eigenvalue weighted by atomic mass is 35.5. The molecule has 2 aromatic heterocycles. The van der Waals surface area contributed by atoms with Gasteiger partial charge in [-0.2, -0.15) is 0 Å². The Morgan fingerprint density at radius 2 is 1.55 bits per heavy atom. The molecule has 0 radical (unpaired) electrons. The van der Waals surface area contributed by atoms with Gasteiger partial charge in [0.15, 0.2) is 5.75 Å². The molecule has 3 aromatic carbocycles. The minimum Gasteiger partial charge on any atom is -0.505 e. The van der Waals surface area contributed by atoms with Crippen molar-refractivity contribution in [3.63, 3.8) is 0 Å². The van der Waals surface area contributed by atoms with E-state index in [2.05, 4.69) is 0 Å². The van der Waals surface area contributed by atoms with Gasteiger partial charge in [0.1, 0.15) is 15.9 Å². The number of para-hydroxylation sites is 1. The highest BCUT2D eigenvalue weighted by Gasteiger charge is 2.22. The van der Waals surface area contributed by atoms with Gasteiger partial charge in [-0.05, 0) is 35.9 Å². The monoisotopic (exact) mass is 473 g/mol. The van der Waals surface area contributed by atoms with Crippen molar-refractivity contribution in [1.82, 2.24) is 4.57 Å². The van der Waals surface area contributed by atoms with Crippen LogP contribution in [0.3, 0.4) is 0 Å². The van der Waals surface area contributed by atoms with Gasteiger partial charge >= 0.3 is 5.63 Å². The third kappa shape index (κ3) is 3.95. The molecule has 0 saturated carbocycles. The Morgan fingerprint density at radius 3 is 2.24 bits per heavy atom. The summed E-state index contributed by atoms with van der Waals surface area (Å²) in [7, 11) is 0. The van der Waals surface area contributed by atoms with E-state index in [1.807, 2.05) is 48.5 Å². The number of hydrogen-bond donors (Lipinski definition) is 1. The van der Waals surface area contributed by atoms with E-state index in [1.54, 1.807) is 42.5 Å². The van der Waals surface area contributed by atoms with Crippen LogP contribution in [0.5, 0.6) is 5.75 Å². The zero-order chi connectivity index (χ0) is 22.9. The Balaban J connectivity index is 1.81. The summed E-state index contributed by atoms with van der Waals surface area (Å²) in [6.45, 7) is 0. The third-order valence-corrected chi connectivity index (χ3v) is 6.40. The van der Waals surface area contributed by atoms with Gasteiger partial charge in [-0.25, -0.2) is 4.79 Å². The predicted molar refractivity (Wildman–Crippen MR) is 131 cm³/mol. The second-order valence-electron chi connectivity index (χ2n) is 7.24. The molecule has 0 saturated heterocycles. The summed E-state index contributed by atoms with van der Waals surface area (Å²) in [5, 5.41) is 11.5. The van der Waals surface area contributed by atoms with Crippen LogP contribution in [0.1, 0.15) is 0 Å². The minimum absolute atomic E-state index is 0.0176. The lowest BCUT2D eigenvalue weighted by Crippen LogP contribution is -2.21. The molecule has 0 amide bonds.